The summed E-state index contributed by atoms with van der Waals surface area (Å²) in [4.78, 5) is 23.2. The van der Waals surface area contributed by atoms with Gasteiger partial charge >= 0.3 is 0 Å². The van der Waals surface area contributed by atoms with Gasteiger partial charge in [0.15, 0.2) is 0 Å². The predicted octanol–water partition coefficient (Wildman–Crippen LogP) is 4.82. The number of rotatable bonds is 6. The lowest BCUT2D eigenvalue weighted by molar-refractivity contribution is -0.384. The standard InChI is InChI=1S/C20H21ClN2O4/c21-15-8-6-14(7-9-15)19(20(24)22-16-4-2-1-3-5-16)27-18-12-10-17(11-13-18)23(25)26/h6-13,16,19H,1-5H2,(H,22,24). The third-order valence-electron chi connectivity index (χ3n) is 4.66. The number of non-ortho nitro benzene ring substituents is 1. The molecule has 1 aliphatic rings. The minimum Gasteiger partial charge on any atom is -0.476 e. The Morgan fingerprint density at radius 2 is 1.70 bits per heavy atom. The molecule has 7 heteroatoms. The van der Waals surface area contributed by atoms with Crippen LogP contribution in [0.2, 0.25) is 5.02 Å². The molecule has 1 saturated carbocycles. The lowest BCUT2D eigenvalue weighted by Gasteiger charge is -2.26. The number of carbonyl (C=O) groups is 1. The summed E-state index contributed by atoms with van der Waals surface area (Å²) in [5.74, 6) is 0.168. The highest BCUT2D eigenvalue weighted by Gasteiger charge is 2.26. The molecule has 0 aliphatic heterocycles. The first-order valence-electron chi connectivity index (χ1n) is 9.00. The Balaban J connectivity index is 1.79. The van der Waals surface area contributed by atoms with Crippen molar-refractivity contribution >= 4 is 23.2 Å². The number of amides is 1. The number of hydrogen-bond donors (Lipinski definition) is 1. The Morgan fingerprint density at radius 3 is 2.30 bits per heavy atom. The molecule has 1 aliphatic carbocycles. The third kappa shape index (κ3) is 5.20. The summed E-state index contributed by atoms with van der Waals surface area (Å²) < 4.78 is 5.90. The molecule has 0 bridgehead atoms. The zero-order valence-electron chi connectivity index (χ0n) is 14.8. The van der Waals surface area contributed by atoms with E-state index in [-0.39, 0.29) is 17.6 Å². The molecule has 1 amide bonds. The molecule has 0 heterocycles. The molecule has 2 aromatic rings. The van der Waals surface area contributed by atoms with Crippen LogP contribution in [-0.2, 0) is 4.79 Å². The molecule has 27 heavy (non-hydrogen) atoms. The fourth-order valence-corrected chi connectivity index (χ4v) is 3.34. The van der Waals surface area contributed by atoms with Crippen LogP contribution in [0, 0.1) is 10.1 Å². The van der Waals surface area contributed by atoms with Crippen LogP contribution in [0.3, 0.4) is 0 Å². The summed E-state index contributed by atoms with van der Waals surface area (Å²) in [5, 5.41) is 14.5. The summed E-state index contributed by atoms with van der Waals surface area (Å²) in [6, 6.07) is 12.8. The fourth-order valence-electron chi connectivity index (χ4n) is 3.22. The summed E-state index contributed by atoms with van der Waals surface area (Å²) in [5.41, 5.74) is 0.642. The minimum absolute atomic E-state index is 0.0305. The quantitative estimate of drug-likeness (QED) is 0.568. The molecule has 0 radical (unpaired) electrons. The van der Waals surface area contributed by atoms with Gasteiger partial charge in [-0.05, 0) is 37.1 Å². The molecule has 0 aromatic heterocycles. The highest BCUT2D eigenvalue weighted by Crippen LogP contribution is 2.26. The lowest BCUT2D eigenvalue weighted by atomic mass is 9.95. The lowest BCUT2D eigenvalue weighted by Crippen LogP contribution is -2.40. The Morgan fingerprint density at radius 1 is 1.07 bits per heavy atom. The van der Waals surface area contributed by atoms with Crippen molar-refractivity contribution < 1.29 is 14.5 Å². The minimum atomic E-state index is -0.856. The highest BCUT2D eigenvalue weighted by molar-refractivity contribution is 6.30. The van der Waals surface area contributed by atoms with Crippen LogP contribution < -0.4 is 10.1 Å². The Bertz CT molecular complexity index is 787. The summed E-state index contributed by atoms with van der Waals surface area (Å²) in [7, 11) is 0. The van der Waals surface area contributed by atoms with Crippen molar-refractivity contribution in [1.29, 1.82) is 0 Å². The van der Waals surface area contributed by atoms with Crippen molar-refractivity contribution in [3.63, 3.8) is 0 Å². The van der Waals surface area contributed by atoms with Gasteiger partial charge in [0.2, 0.25) is 6.10 Å². The van der Waals surface area contributed by atoms with Gasteiger partial charge in [0.05, 0.1) is 4.92 Å². The molecule has 1 N–H and O–H groups in total. The molecule has 142 valence electrons. The van der Waals surface area contributed by atoms with Crippen LogP contribution in [0.25, 0.3) is 0 Å². The number of nitrogens with one attached hydrogen (secondary N) is 1. The zero-order valence-corrected chi connectivity index (χ0v) is 15.5. The van der Waals surface area contributed by atoms with Gasteiger partial charge in [-0.1, -0.05) is 43.0 Å². The van der Waals surface area contributed by atoms with Crippen molar-refractivity contribution in [2.75, 3.05) is 0 Å². The first-order chi connectivity index (χ1) is 13.0. The van der Waals surface area contributed by atoms with Crippen LogP contribution in [0.4, 0.5) is 5.69 Å². The summed E-state index contributed by atoms with van der Waals surface area (Å²) in [6.07, 6.45) is 4.50. The van der Waals surface area contributed by atoms with E-state index in [0.717, 1.165) is 25.7 Å². The second-order valence-electron chi connectivity index (χ2n) is 6.64. The Kier molecular flexibility index (Phi) is 6.29. The van der Waals surface area contributed by atoms with E-state index in [0.29, 0.717) is 16.3 Å². The van der Waals surface area contributed by atoms with Crippen molar-refractivity contribution in [2.24, 2.45) is 0 Å². The van der Waals surface area contributed by atoms with E-state index in [2.05, 4.69) is 5.32 Å². The van der Waals surface area contributed by atoms with Gasteiger partial charge in [0.25, 0.3) is 11.6 Å². The van der Waals surface area contributed by atoms with Crippen LogP contribution in [0.5, 0.6) is 5.75 Å². The topological polar surface area (TPSA) is 81.5 Å². The fraction of sp³-hybridized carbons (Fsp3) is 0.350. The second kappa shape index (κ2) is 8.86. The number of halogens is 1. The number of ether oxygens (including phenoxy) is 1. The molecule has 0 saturated heterocycles. The number of nitrogens with zero attached hydrogens (tertiary/aromatic N) is 1. The molecule has 3 rings (SSSR count). The third-order valence-corrected chi connectivity index (χ3v) is 4.92. The van der Waals surface area contributed by atoms with Gasteiger partial charge in [0.1, 0.15) is 5.75 Å². The van der Waals surface area contributed by atoms with Gasteiger partial charge in [-0.25, -0.2) is 0 Å². The number of hydrogen-bond acceptors (Lipinski definition) is 4. The zero-order chi connectivity index (χ0) is 19.2. The maximum Gasteiger partial charge on any atom is 0.269 e. The van der Waals surface area contributed by atoms with Crippen LogP contribution in [-0.4, -0.2) is 16.9 Å². The smallest absolute Gasteiger partial charge is 0.269 e. The van der Waals surface area contributed by atoms with E-state index in [4.69, 9.17) is 16.3 Å². The van der Waals surface area contributed by atoms with Crippen LogP contribution in [0.1, 0.15) is 43.8 Å². The first-order valence-corrected chi connectivity index (χ1v) is 9.37. The van der Waals surface area contributed by atoms with Gasteiger partial charge in [-0.15, -0.1) is 0 Å². The maximum absolute atomic E-state index is 12.9. The Labute approximate surface area is 162 Å². The van der Waals surface area contributed by atoms with Crippen molar-refractivity contribution in [3.05, 3.63) is 69.2 Å². The number of carbonyl (C=O) groups excluding carboxylic acids is 1. The van der Waals surface area contributed by atoms with Crippen LogP contribution in [0.15, 0.2) is 48.5 Å². The van der Waals surface area contributed by atoms with E-state index in [1.807, 2.05) is 0 Å². The van der Waals surface area contributed by atoms with E-state index in [1.165, 1.54) is 30.7 Å². The van der Waals surface area contributed by atoms with Crippen molar-refractivity contribution in [1.82, 2.24) is 5.32 Å². The summed E-state index contributed by atoms with van der Waals surface area (Å²) >= 11 is 5.95. The average molecular weight is 389 g/mol. The van der Waals surface area contributed by atoms with E-state index in [9.17, 15) is 14.9 Å². The molecule has 6 nitrogen and oxygen atoms in total. The van der Waals surface area contributed by atoms with Crippen LogP contribution >= 0.6 is 11.6 Å². The monoisotopic (exact) mass is 388 g/mol. The predicted molar refractivity (Wildman–Crippen MR) is 103 cm³/mol. The van der Waals surface area contributed by atoms with Gasteiger partial charge < -0.3 is 10.1 Å². The second-order valence-corrected chi connectivity index (χ2v) is 7.08. The number of nitro groups is 1. The maximum atomic E-state index is 12.9. The average Bonchev–Trinajstić information content (AvgIpc) is 2.68. The molecular formula is C20H21ClN2O4. The highest BCUT2D eigenvalue weighted by atomic mass is 35.5. The number of nitro benzene ring substituents is 1. The summed E-state index contributed by atoms with van der Waals surface area (Å²) in [6.45, 7) is 0. The van der Waals surface area contributed by atoms with Crippen molar-refractivity contribution in [3.8, 4) is 5.75 Å². The molecule has 2 aromatic carbocycles. The molecule has 1 fully saturated rings. The van der Waals surface area contributed by atoms with E-state index in [1.54, 1.807) is 24.3 Å². The molecule has 1 unspecified atom stereocenters. The number of benzene rings is 2. The SMILES string of the molecule is O=C(NC1CCCCC1)C(Oc1ccc([N+](=O)[O-])cc1)c1ccc(Cl)cc1. The molecule has 1 atom stereocenters. The van der Waals surface area contributed by atoms with Gasteiger partial charge in [-0.3, -0.25) is 14.9 Å². The normalized spacial score (nSPS) is 15.7. The van der Waals surface area contributed by atoms with E-state index >= 15 is 0 Å². The Hall–Kier alpha value is -2.60. The van der Waals surface area contributed by atoms with Crippen molar-refractivity contribution in [2.45, 2.75) is 44.2 Å². The molecule has 0 spiro atoms. The first kappa shape index (κ1) is 19.2. The largest absolute Gasteiger partial charge is 0.476 e. The molecular weight excluding hydrogens is 368 g/mol. The van der Waals surface area contributed by atoms with Gasteiger partial charge in [-0.2, -0.15) is 0 Å². The van der Waals surface area contributed by atoms with E-state index < -0.39 is 11.0 Å². The van der Waals surface area contributed by atoms with Gasteiger partial charge in [0, 0.05) is 28.8 Å².